The summed E-state index contributed by atoms with van der Waals surface area (Å²) in [5.41, 5.74) is 1.96. The molecule has 0 aliphatic heterocycles. The lowest BCUT2D eigenvalue weighted by Gasteiger charge is -2.20. The maximum atomic E-state index is 12.3. The molecule has 2 aromatic rings. The number of hydrogen-bond donors (Lipinski definition) is 0. The predicted octanol–water partition coefficient (Wildman–Crippen LogP) is 3.54. The average molecular weight is 271 g/mol. The van der Waals surface area contributed by atoms with Crippen LogP contribution in [0.15, 0.2) is 47.1 Å². The Hall–Kier alpha value is -1.87. The van der Waals surface area contributed by atoms with Gasteiger partial charge in [0.15, 0.2) is 5.78 Å². The van der Waals surface area contributed by atoms with Gasteiger partial charge in [-0.1, -0.05) is 37.3 Å². The van der Waals surface area contributed by atoms with Crippen molar-refractivity contribution in [3.05, 3.63) is 59.5 Å². The van der Waals surface area contributed by atoms with Crippen molar-refractivity contribution in [3.63, 3.8) is 0 Å². The fourth-order valence-electron chi connectivity index (χ4n) is 2.37. The summed E-state index contributed by atoms with van der Waals surface area (Å²) >= 11 is 0. The van der Waals surface area contributed by atoms with E-state index in [1.807, 2.05) is 57.3 Å². The van der Waals surface area contributed by atoms with Crippen LogP contribution < -0.4 is 0 Å². The molecule has 20 heavy (non-hydrogen) atoms. The Bertz CT molecular complexity index is 559. The Balaban J connectivity index is 1.92. The van der Waals surface area contributed by atoms with Crippen molar-refractivity contribution in [2.45, 2.75) is 20.4 Å². The normalized spacial score (nSPS) is 12.6. The topological polar surface area (TPSA) is 33.5 Å². The molecule has 0 saturated heterocycles. The van der Waals surface area contributed by atoms with Crippen molar-refractivity contribution >= 4 is 5.78 Å². The molecule has 3 heteroatoms. The molecule has 0 saturated carbocycles. The molecule has 0 fully saturated rings. The monoisotopic (exact) mass is 271 g/mol. The highest BCUT2D eigenvalue weighted by Gasteiger charge is 2.17. The summed E-state index contributed by atoms with van der Waals surface area (Å²) in [6, 6.07) is 11.5. The number of benzene rings is 1. The Kier molecular flexibility index (Phi) is 4.74. The van der Waals surface area contributed by atoms with E-state index in [1.165, 1.54) is 5.56 Å². The molecule has 106 valence electrons. The van der Waals surface area contributed by atoms with Gasteiger partial charge in [0.05, 0.1) is 6.26 Å². The molecule has 1 heterocycles. The van der Waals surface area contributed by atoms with Gasteiger partial charge in [-0.3, -0.25) is 4.79 Å². The maximum absolute atomic E-state index is 12.3. The number of Topliss-reactive ketones (excluding diaryl/α,β-unsaturated/α-hetero) is 1. The maximum Gasteiger partial charge on any atom is 0.166 e. The average Bonchev–Trinajstić information content (AvgIpc) is 2.84. The molecule has 0 aliphatic rings. The molecule has 0 amide bonds. The molecule has 3 nitrogen and oxygen atoms in total. The van der Waals surface area contributed by atoms with Gasteiger partial charge in [0.1, 0.15) is 5.76 Å². The smallest absolute Gasteiger partial charge is 0.166 e. The minimum absolute atomic E-state index is 0.0189. The summed E-state index contributed by atoms with van der Waals surface area (Å²) in [6.07, 6.45) is 1.71. The largest absolute Gasteiger partial charge is 0.469 e. The van der Waals surface area contributed by atoms with Gasteiger partial charge in [0.2, 0.25) is 0 Å². The number of aryl methyl sites for hydroxylation is 1. The molecule has 1 unspecified atom stereocenters. The lowest BCUT2D eigenvalue weighted by Crippen LogP contribution is -2.28. The molecular formula is C17H21NO2. The van der Waals surface area contributed by atoms with Crippen LogP contribution in [0.25, 0.3) is 0 Å². The fraction of sp³-hybridized carbons (Fsp3) is 0.353. The first kappa shape index (κ1) is 14.5. The molecule has 2 rings (SSSR count). The van der Waals surface area contributed by atoms with Crippen LogP contribution >= 0.6 is 0 Å². The molecule has 0 bridgehead atoms. The van der Waals surface area contributed by atoms with Crippen molar-refractivity contribution in [1.82, 2.24) is 4.90 Å². The minimum atomic E-state index is -0.0189. The van der Waals surface area contributed by atoms with Crippen LogP contribution in [0.5, 0.6) is 0 Å². The van der Waals surface area contributed by atoms with Gasteiger partial charge < -0.3 is 9.32 Å². The van der Waals surface area contributed by atoms with Crippen LogP contribution in [0.1, 0.15) is 28.6 Å². The lowest BCUT2D eigenvalue weighted by molar-refractivity contribution is 0.0901. The van der Waals surface area contributed by atoms with E-state index in [0.29, 0.717) is 0 Å². The first-order valence-corrected chi connectivity index (χ1v) is 6.88. The second-order valence-electron chi connectivity index (χ2n) is 5.33. The summed E-state index contributed by atoms with van der Waals surface area (Å²) in [4.78, 5) is 14.5. The van der Waals surface area contributed by atoms with Crippen molar-refractivity contribution in [3.8, 4) is 0 Å². The Morgan fingerprint density at radius 1 is 1.25 bits per heavy atom. The summed E-state index contributed by atoms with van der Waals surface area (Å²) < 4.78 is 5.29. The van der Waals surface area contributed by atoms with E-state index >= 15 is 0 Å². The van der Waals surface area contributed by atoms with Crippen molar-refractivity contribution in [2.75, 3.05) is 13.6 Å². The Labute approximate surface area is 120 Å². The van der Waals surface area contributed by atoms with Gasteiger partial charge in [-0.2, -0.15) is 0 Å². The van der Waals surface area contributed by atoms with Gasteiger partial charge in [0.25, 0.3) is 0 Å². The second-order valence-corrected chi connectivity index (χ2v) is 5.33. The van der Waals surface area contributed by atoms with Crippen LogP contribution in [-0.4, -0.2) is 24.3 Å². The summed E-state index contributed by atoms with van der Waals surface area (Å²) in [7, 11) is 2.03. The van der Waals surface area contributed by atoms with E-state index in [-0.39, 0.29) is 11.7 Å². The zero-order valence-electron chi connectivity index (χ0n) is 12.3. The van der Waals surface area contributed by atoms with E-state index in [0.717, 1.165) is 24.4 Å². The van der Waals surface area contributed by atoms with Gasteiger partial charge >= 0.3 is 0 Å². The highest BCUT2D eigenvalue weighted by Crippen LogP contribution is 2.14. The van der Waals surface area contributed by atoms with Crippen LogP contribution in [0, 0.1) is 12.8 Å². The SMILES string of the molecule is Cc1occc1CN(C)CC(C)C(=O)c1ccccc1. The molecule has 0 aliphatic carbocycles. The number of hydrogen-bond acceptors (Lipinski definition) is 3. The van der Waals surface area contributed by atoms with Crippen LogP contribution in [0.3, 0.4) is 0 Å². The predicted molar refractivity (Wildman–Crippen MR) is 79.7 cm³/mol. The minimum Gasteiger partial charge on any atom is -0.469 e. The van der Waals surface area contributed by atoms with Gasteiger partial charge in [0, 0.05) is 30.1 Å². The third-order valence-corrected chi connectivity index (χ3v) is 3.50. The molecule has 0 radical (unpaired) electrons. The molecule has 1 atom stereocenters. The Morgan fingerprint density at radius 3 is 2.55 bits per heavy atom. The van der Waals surface area contributed by atoms with E-state index in [2.05, 4.69) is 4.90 Å². The van der Waals surface area contributed by atoms with E-state index in [9.17, 15) is 4.79 Å². The van der Waals surface area contributed by atoms with Crippen LogP contribution in [-0.2, 0) is 6.54 Å². The van der Waals surface area contributed by atoms with Crippen molar-refractivity contribution < 1.29 is 9.21 Å². The summed E-state index contributed by atoms with van der Waals surface area (Å²) in [5.74, 6) is 1.12. The highest BCUT2D eigenvalue weighted by molar-refractivity contribution is 5.97. The number of ketones is 1. The third-order valence-electron chi connectivity index (χ3n) is 3.50. The molecule has 1 aromatic carbocycles. The molecule has 1 aromatic heterocycles. The highest BCUT2D eigenvalue weighted by atomic mass is 16.3. The van der Waals surface area contributed by atoms with Gasteiger partial charge in [-0.15, -0.1) is 0 Å². The summed E-state index contributed by atoms with van der Waals surface area (Å²) in [6.45, 7) is 5.48. The number of furan rings is 1. The lowest BCUT2D eigenvalue weighted by atomic mass is 9.99. The second kappa shape index (κ2) is 6.53. The molecule has 0 spiro atoms. The Morgan fingerprint density at radius 2 is 1.95 bits per heavy atom. The molecular weight excluding hydrogens is 250 g/mol. The number of rotatable bonds is 6. The standard InChI is InChI=1S/C17H21NO2/c1-13(17(19)15-7-5-4-6-8-15)11-18(3)12-16-9-10-20-14(16)2/h4-10,13H,11-12H2,1-3H3. The van der Waals surface area contributed by atoms with Gasteiger partial charge in [-0.25, -0.2) is 0 Å². The van der Waals surface area contributed by atoms with Crippen LogP contribution in [0.4, 0.5) is 0 Å². The van der Waals surface area contributed by atoms with E-state index < -0.39 is 0 Å². The quantitative estimate of drug-likeness (QED) is 0.753. The fourth-order valence-corrected chi connectivity index (χ4v) is 2.37. The van der Waals surface area contributed by atoms with Gasteiger partial charge in [-0.05, 0) is 20.0 Å². The first-order valence-electron chi connectivity index (χ1n) is 6.88. The van der Waals surface area contributed by atoms with Crippen molar-refractivity contribution in [1.29, 1.82) is 0 Å². The van der Waals surface area contributed by atoms with Crippen LogP contribution in [0.2, 0.25) is 0 Å². The zero-order valence-corrected chi connectivity index (χ0v) is 12.3. The third kappa shape index (κ3) is 3.58. The summed E-state index contributed by atoms with van der Waals surface area (Å²) in [5, 5.41) is 0. The van der Waals surface area contributed by atoms with E-state index in [1.54, 1.807) is 6.26 Å². The first-order chi connectivity index (χ1) is 9.58. The van der Waals surface area contributed by atoms with E-state index in [4.69, 9.17) is 4.42 Å². The number of carbonyl (C=O) groups is 1. The zero-order chi connectivity index (χ0) is 14.5. The van der Waals surface area contributed by atoms with Crippen molar-refractivity contribution in [2.24, 2.45) is 5.92 Å². The number of nitrogens with zero attached hydrogens (tertiary/aromatic N) is 1. The number of carbonyl (C=O) groups excluding carboxylic acids is 1. The molecule has 0 N–H and O–H groups in total.